The number of ketones is 2. The highest BCUT2D eigenvalue weighted by Crippen LogP contribution is 2.68. The first kappa shape index (κ1) is 28.7. The van der Waals surface area contributed by atoms with Gasteiger partial charge in [-0.25, -0.2) is 0 Å². The largest absolute Gasteiger partial charge is 0.469 e. The minimum Gasteiger partial charge on any atom is -0.469 e. The second kappa shape index (κ2) is 8.88. The molecule has 6 nitrogen and oxygen atoms in total. The molecule has 208 valence electrons. The number of methoxy groups -OCH3 is 1. The van der Waals surface area contributed by atoms with Gasteiger partial charge in [-0.2, -0.15) is 5.26 Å². The smallest absolute Gasteiger partial charge is 0.312 e. The highest BCUT2D eigenvalue weighted by Gasteiger charge is 2.64. The number of rotatable bonds is 4. The Labute approximate surface area is 227 Å². The number of hydrogen-bond donors (Lipinski definition) is 1. The van der Waals surface area contributed by atoms with Crippen LogP contribution in [0.4, 0.5) is 0 Å². The van der Waals surface area contributed by atoms with E-state index in [0.717, 1.165) is 31.3 Å². The molecule has 0 heterocycles. The Morgan fingerprint density at radius 3 is 2.34 bits per heavy atom. The average Bonchev–Trinajstić information content (AvgIpc) is 2.82. The van der Waals surface area contributed by atoms with E-state index in [1.807, 2.05) is 13.0 Å². The number of carbonyl (C=O) groups excluding carboxylic acids is 3. The highest BCUT2D eigenvalue weighted by atomic mass is 16.5. The first-order chi connectivity index (χ1) is 17.4. The van der Waals surface area contributed by atoms with Crippen molar-refractivity contribution in [2.75, 3.05) is 7.11 Å². The maximum Gasteiger partial charge on any atom is 0.312 e. The highest BCUT2D eigenvalue weighted by molar-refractivity contribution is 6.06. The van der Waals surface area contributed by atoms with E-state index in [9.17, 15) is 24.8 Å². The van der Waals surface area contributed by atoms with Crippen LogP contribution < -0.4 is 0 Å². The lowest BCUT2D eigenvalue weighted by molar-refractivity contribution is -0.163. The summed E-state index contributed by atoms with van der Waals surface area (Å²) in [5, 5.41) is 21.1. The van der Waals surface area contributed by atoms with Gasteiger partial charge in [-0.1, -0.05) is 53.2 Å². The zero-order valence-electron chi connectivity index (χ0n) is 24.5. The summed E-state index contributed by atoms with van der Waals surface area (Å²) in [6.07, 6.45) is 9.17. The third-order valence-electron chi connectivity index (χ3n) is 11.7. The first-order valence-corrected chi connectivity index (χ1v) is 14.2. The van der Waals surface area contributed by atoms with Gasteiger partial charge in [0.1, 0.15) is 11.7 Å². The van der Waals surface area contributed by atoms with Gasteiger partial charge in [-0.15, -0.1) is 0 Å². The lowest BCUT2D eigenvalue weighted by Gasteiger charge is -2.62. The summed E-state index contributed by atoms with van der Waals surface area (Å²) in [5.74, 6) is -0.915. The molecule has 2 fully saturated rings. The van der Waals surface area contributed by atoms with E-state index in [4.69, 9.17) is 4.74 Å². The van der Waals surface area contributed by atoms with Crippen LogP contribution in [0.1, 0.15) is 99.8 Å². The van der Waals surface area contributed by atoms with Crippen molar-refractivity contribution >= 4 is 17.5 Å². The van der Waals surface area contributed by atoms with Gasteiger partial charge in [0.25, 0.3) is 0 Å². The van der Waals surface area contributed by atoms with Crippen LogP contribution >= 0.6 is 0 Å². The third-order valence-corrected chi connectivity index (χ3v) is 11.7. The second-order valence-electron chi connectivity index (χ2n) is 14.5. The van der Waals surface area contributed by atoms with Gasteiger partial charge in [0.2, 0.25) is 5.78 Å². The number of allylic oxidation sites excluding steroid dienone is 3. The molecule has 0 saturated heterocycles. The maximum absolute atomic E-state index is 13.4. The Balaban J connectivity index is 1.75. The number of ether oxygens (including phenoxy) is 1. The summed E-state index contributed by atoms with van der Waals surface area (Å²) in [6.45, 7) is 14.6. The van der Waals surface area contributed by atoms with Crippen LogP contribution in [0.25, 0.3) is 0 Å². The minimum absolute atomic E-state index is 0.0234. The molecule has 0 aromatic carbocycles. The number of nitrogens with zero attached hydrogens (tertiary/aromatic N) is 1. The molecule has 2 saturated carbocycles. The van der Waals surface area contributed by atoms with E-state index >= 15 is 0 Å². The van der Waals surface area contributed by atoms with Crippen molar-refractivity contribution < 1.29 is 24.2 Å². The molecule has 0 spiro atoms. The maximum atomic E-state index is 13.4. The standard InChI is InChI=1S/C32H45NO5/c1-20-16-27(2,3)11-13-32(20,26(36)38-8)14-12-28(4)18-22(34)15-24-29(5)17-21(19-33)25(35)31(7,37)23(29)9-10-30(24,28)6/h15,17,20,23,37H,9-14,16,18H2,1-8H3/t20?,23-,28-,29+,30-,31+,32+/m1/s1. The van der Waals surface area contributed by atoms with E-state index in [-0.39, 0.29) is 28.7 Å². The molecule has 4 rings (SSSR count). The van der Waals surface area contributed by atoms with Gasteiger partial charge in [0, 0.05) is 17.8 Å². The fraction of sp³-hybridized carbons (Fsp3) is 0.750. The monoisotopic (exact) mass is 523 g/mol. The number of hydrogen-bond acceptors (Lipinski definition) is 6. The molecule has 4 aliphatic carbocycles. The van der Waals surface area contributed by atoms with Gasteiger partial charge in [-0.3, -0.25) is 14.4 Å². The lowest BCUT2D eigenvalue weighted by Crippen LogP contribution is -2.61. The van der Waals surface area contributed by atoms with Crippen molar-refractivity contribution in [3.05, 3.63) is 23.3 Å². The predicted molar refractivity (Wildman–Crippen MR) is 145 cm³/mol. The second-order valence-corrected chi connectivity index (χ2v) is 14.5. The minimum atomic E-state index is -1.67. The van der Waals surface area contributed by atoms with E-state index in [1.54, 1.807) is 12.2 Å². The molecule has 0 aromatic heterocycles. The van der Waals surface area contributed by atoms with Crippen molar-refractivity contribution in [3.8, 4) is 6.07 Å². The van der Waals surface area contributed by atoms with Crippen LogP contribution in [0.3, 0.4) is 0 Å². The van der Waals surface area contributed by atoms with Crippen LogP contribution in [-0.2, 0) is 19.1 Å². The summed E-state index contributed by atoms with van der Waals surface area (Å²) in [6, 6.07) is 2.00. The zero-order chi connectivity index (χ0) is 28.5. The fourth-order valence-corrected chi connectivity index (χ4v) is 9.08. The topological polar surface area (TPSA) is 104 Å². The molecule has 0 aliphatic heterocycles. The Morgan fingerprint density at radius 2 is 1.76 bits per heavy atom. The van der Waals surface area contributed by atoms with Gasteiger partial charge in [-0.05, 0) is 80.1 Å². The molecule has 0 amide bonds. The van der Waals surface area contributed by atoms with E-state index < -0.39 is 39.0 Å². The van der Waals surface area contributed by atoms with Crippen molar-refractivity contribution in [1.29, 1.82) is 5.26 Å². The quantitative estimate of drug-likeness (QED) is 0.461. The van der Waals surface area contributed by atoms with E-state index in [1.165, 1.54) is 14.0 Å². The summed E-state index contributed by atoms with van der Waals surface area (Å²) in [5.41, 5.74) is -2.83. The molecule has 4 aliphatic rings. The number of aliphatic hydroxyl groups is 1. The van der Waals surface area contributed by atoms with E-state index in [0.29, 0.717) is 25.7 Å². The lowest BCUT2D eigenvalue weighted by atomic mass is 9.41. The van der Waals surface area contributed by atoms with Crippen molar-refractivity contribution in [2.45, 2.75) is 105 Å². The summed E-state index contributed by atoms with van der Waals surface area (Å²) in [4.78, 5) is 39.6. The SMILES string of the molecule is COC(=O)[C@]1(CC[C@]2(C)CC(=O)C=C3[C@@]4(C)C=C(C#N)C(=O)[C@@](C)(O)[C@@H]4CC[C@]32C)CCC(C)(C)CC1C. The Bertz CT molecular complexity index is 1170. The molecule has 1 N–H and O–H groups in total. The Kier molecular flexibility index (Phi) is 6.72. The zero-order valence-corrected chi connectivity index (χ0v) is 24.5. The van der Waals surface area contributed by atoms with Gasteiger partial charge in [0.15, 0.2) is 5.78 Å². The molecular weight excluding hydrogens is 478 g/mol. The fourth-order valence-electron chi connectivity index (χ4n) is 9.08. The third kappa shape index (κ3) is 3.95. The van der Waals surface area contributed by atoms with E-state index in [2.05, 4.69) is 34.6 Å². The van der Waals surface area contributed by atoms with Crippen molar-refractivity contribution in [3.63, 3.8) is 0 Å². The Hall–Kier alpha value is -2.26. The summed E-state index contributed by atoms with van der Waals surface area (Å²) >= 11 is 0. The van der Waals surface area contributed by atoms with Gasteiger partial charge < -0.3 is 9.84 Å². The molecule has 1 unspecified atom stereocenters. The Morgan fingerprint density at radius 1 is 1.11 bits per heavy atom. The van der Waals surface area contributed by atoms with Gasteiger partial charge >= 0.3 is 5.97 Å². The first-order valence-electron chi connectivity index (χ1n) is 14.2. The molecule has 38 heavy (non-hydrogen) atoms. The van der Waals surface area contributed by atoms with Crippen molar-refractivity contribution in [1.82, 2.24) is 0 Å². The molecule has 0 radical (unpaired) electrons. The van der Waals surface area contributed by atoms with Crippen molar-refractivity contribution in [2.24, 2.45) is 38.9 Å². The molecule has 7 atom stereocenters. The molecule has 0 aromatic rings. The van der Waals surface area contributed by atoms with Crippen LogP contribution in [0, 0.1) is 50.2 Å². The number of carbonyl (C=O) groups is 3. The van der Waals surface area contributed by atoms with Crippen LogP contribution in [0.15, 0.2) is 23.3 Å². The summed E-state index contributed by atoms with van der Waals surface area (Å²) in [7, 11) is 1.47. The average molecular weight is 524 g/mol. The summed E-state index contributed by atoms with van der Waals surface area (Å²) < 4.78 is 5.39. The van der Waals surface area contributed by atoms with Crippen LogP contribution in [-0.4, -0.2) is 35.4 Å². The van der Waals surface area contributed by atoms with Crippen LogP contribution in [0.2, 0.25) is 0 Å². The van der Waals surface area contributed by atoms with Crippen LogP contribution in [0.5, 0.6) is 0 Å². The molecule has 0 bridgehead atoms. The van der Waals surface area contributed by atoms with Gasteiger partial charge in [0.05, 0.1) is 18.1 Å². The molecular formula is C32H45NO5. The molecule has 6 heteroatoms. The predicted octanol–water partition coefficient (Wildman–Crippen LogP) is 5.88. The number of esters is 1. The number of nitriles is 1. The number of Topliss-reactive ketones (excluding diaryl/α,β-unsaturated/α-hetero) is 1. The normalized spacial score (nSPS) is 44.2. The number of fused-ring (bicyclic) bond motifs is 3.